The van der Waals surface area contributed by atoms with Gasteiger partial charge in [-0.3, -0.25) is 4.90 Å². The minimum Gasteiger partial charge on any atom is -0.465 e. The first-order valence-corrected chi connectivity index (χ1v) is 7.89. The minimum atomic E-state index is -0.924. The number of likely N-dealkylation sites (tertiary alicyclic amines) is 1. The Morgan fingerprint density at radius 1 is 1.41 bits per heavy atom. The van der Waals surface area contributed by atoms with Crippen LogP contribution < -0.4 is 0 Å². The molecule has 6 nitrogen and oxygen atoms in total. The second kappa shape index (κ2) is 5.85. The number of nitrogens with zero attached hydrogens (tertiary/aromatic N) is 4. The van der Waals surface area contributed by atoms with E-state index in [0.717, 1.165) is 30.9 Å². The predicted octanol–water partition coefficient (Wildman–Crippen LogP) is 2.24. The maximum atomic E-state index is 11.0. The van der Waals surface area contributed by atoms with Crippen LogP contribution >= 0.6 is 0 Å². The van der Waals surface area contributed by atoms with Crippen molar-refractivity contribution in [3.63, 3.8) is 0 Å². The van der Waals surface area contributed by atoms with E-state index in [2.05, 4.69) is 29.1 Å². The minimum absolute atomic E-state index is 0.246. The molecule has 0 aromatic carbocycles. The average Bonchev–Trinajstić information content (AvgIpc) is 3.08. The topological polar surface area (TPSA) is 67.3 Å². The lowest BCUT2D eigenvalue weighted by atomic mass is 9.90. The molecule has 1 atom stereocenters. The smallest absolute Gasteiger partial charge is 0.123 e. The van der Waals surface area contributed by atoms with Crippen LogP contribution in [0.3, 0.4) is 0 Å². The van der Waals surface area contributed by atoms with Crippen LogP contribution in [0, 0.1) is 6.92 Å². The summed E-state index contributed by atoms with van der Waals surface area (Å²) >= 11 is 0. The largest absolute Gasteiger partial charge is 0.465 e. The van der Waals surface area contributed by atoms with Crippen LogP contribution in [0.25, 0.3) is 0 Å². The third-order valence-electron chi connectivity index (χ3n) is 4.24. The van der Waals surface area contributed by atoms with Crippen LogP contribution in [0.2, 0.25) is 0 Å². The molecule has 1 fully saturated rings. The van der Waals surface area contributed by atoms with Crippen molar-refractivity contribution < 1.29 is 9.52 Å². The highest BCUT2D eigenvalue weighted by Gasteiger charge is 2.37. The Kier molecular flexibility index (Phi) is 4.06. The Balaban J connectivity index is 1.72. The van der Waals surface area contributed by atoms with Crippen molar-refractivity contribution in [3.05, 3.63) is 35.5 Å². The molecule has 1 saturated heterocycles. The summed E-state index contributed by atoms with van der Waals surface area (Å²) in [6, 6.07) is 4.22. The zero-order valence-electron chi connectivity index (χ0n) is 13.5. The Morgan fingerprint density at radius 3 is 2.86 bits per heavy atom. The summed E-state index contributed by atoms with van der Waals surface area (Å²) in [5.74, 6) is 1.86. The molecule has 0 saturated carbocycles. The van der Waals surface area contributed by atoms with Gasteiger partial charge in [0.15, 0.2) is 0 Å². The van der Waals surface area contributed by atoms with Gasteiger partial charge in [-0.15, -0.1) is 5.10 Å². The van der Waals surface area contributed by atoms with E-state index in [4.69, 9.17) is 4.42 Å². The fraction of sp³-hybridized carbons (Fsp3) is 0.625. The van der Waals surface area contributed by atoms with E-state index in [1.54, 1.807) is 4.68 Å². The maximum absolute atomic E-state index is 11.0. The molecule has 1 aliphatic heterocycles. The number of piperidine rings is 1. The first-order chi connectivity index (χ1) is 10.5. The van der Waals surface area contributed by atoms with Crippen LogP contribution in [0.5, 0.6) is 0 Å². The highest BCUT2D eigenvalue weighted by Crippen LogP contribution is 2.31. The van der Waals surface area contributed by atoms with Crippen molar-refractivity contribution >= 4 is 0 Å². The van der Waals surface area contributed by atoms with Gasteiger partial charge in [0.25, 0.3) is 0 Å². The number of hydrogen-bond acceptors (Lipinski definition) is 5. The fourth-order valence-electron chi connectivity index (χ4n) is 3.00. The van der Waals surface area contributed by atoms with Crippen molar-refractivity contribution in [3.8, 4) is 0 Å². The molecule has 2 aromatic rings. The molecule has 1 aliphatic rings. The number of aliphatic hydroxyl groups is 1. The molecule has 120 valence electrons. The standard InChI is InChI=1S/C16H24N4O2/c1-12(2)20-10-15(17-18-20)16(21)7-4-8-19(11-16)9-14-6-5-13(3)22-14/h5-6,10,12,21H,4,7-9,11H2,1-3H3. The summed E-state index contributed by atoms with van der Waals surface area (Å²) in [4.78, 5) is 2.22. The fourth-order valence-corrected chi connectivity index (χ4v) is 3.00. The average molecular weight is 304 g/mol. The van der Waals surface area contributed by atoms with Gasteiger partial charge in [0.2, 0.25) is 0 Å². The zero-order valence-corrected chi connectivity index (χ0v) is 13.5. The Bertz CT molecular complexity index is 634. The Labute approximate surface area is 130 Å². The van der Waals surface area contributed by atoms with Gasteiger partial charge in [-0.25, -0.2) is 4.68 Å². The summed E-state index contributed by atoms with van der Waals surface area (Å²) in [7, 11) is 0. The summed E-state index contributed by atoms with van der Waals surface area (Å²) in [5.41, 5.74) is -0.256. The summed E-state index contributed by atoms with van der Waals surface area (Å²) in [6.45, 7) is 8.28. The monoisotopic (exact) mass is 304 g/mol. The van der Waals surface area contributed by atoms with Gasteiger partial charge in [-0.05, 0) is 52.3 Å². The third-order valence-corrected chi connectivity index (χ3v) is 4.24. The molecule has 1 unspecified atom stereocenters. The van der Waals surface area contributed by atoms with Crippen molar-refractivity contribution in [2.24, 2.45) is 0 Å². The zero-order chi connectivity index (χ0) is 15.7. The van der Waals surface area contributed by atoms with Gasteiger partial charge in [0.05, 0.1) is 12.7 Å². The Morgan fingerprint density at radius 2 is 2.23 bits per heavy atom. The van der Waals surface area contributed by atoms with Gasteiger partial charge in [0, 0.05) is 12.6 Å². The van der Waals surface area contributed by atoms with E-state index >= 15 is 0 Å². The number of β-amino-alcohol motifs (C(OH)–C–C–N with tert-alkyl or cyclic N) is 1. The van der Waals surface area contributed by atoms with Crippen LogP contribution in [-0.4, -0.2) is 38.1 Å². The molecule has 0 amide bonds. The van der Waals surface area contributed by atoms with Crippen molar-refractivity contribution in [2.45, 2.75) is 51.8 Å². The van der Waals surface area contributed by atoms with E-state index in [-0.39, 0.29) is 6.04 Å². The number of hydrogen-bond donors (Lipinski definition) is 1. The number of furan rings is 1. The van der Waals surface area contributed by atoms with Gasteiger partial charge in [-0.2, -0.15) is 0 Å². The molecular formula is C16H24N4O2. The molecule has 0 aliphatic carbocycles. The number of aromatic nitrogens is 3. The maximum Gasteiger partial charge on any atom is 0.123 e. The summed E-state index contributed by atoms with van der Waals surface area (Å²) < 4.78 is 7.43. The van der Waals surface area contributed by atoms with E-state index in [1.165, 1.54) is 0 Å². The van der Waals surface area contributed by atoms with Crippen molar-refractivity contribution in [2.75, 3.05) is 13.1 Å². The first-order valence-electron chi connectivity index (χ1n) is 7.89. The van der Waals surface area contributed by atoms with E-state index in [0.29, 0.717) is 18.8 Å². The van der Waals surface area contributed by atoms with E-state index in [9.17, 15) is 5.11 Å². The molecule has 6 heteroatoms. The SMILES string of the molecule is Cc1ccc(CN2CCCC(O)(c3cn(C(C)C)nn3)C2)o1. The number of rotatable bonds is 4. The quantitative estimate of drug-likeness (QED) is 0.938. The molecule has 2 aromatic heterocycles. The summed E-state index contributed by atoms with van der Waals surface area (Å²) in [6.07, 6.45) is 3.52. The van der Waals surface area contributed by atoms with Crippen LogP contribution in [-0.2, 0) is 12.1 Å². The molecule has 22 heavy (non-hydrogen) atoms. The molecule has 3 heterocycles. The van der Waals surface area contributed by atoms with Gasteiger partial charge in [-0.1, -0.05) is 5.21 Å². The van der Waals surface area contributed by atoms with Crippen molar-refractivity contribution in [1.82, 2.24) is 19.9 Å². The molecular weight excluding hydrogens is 280 g/mol. The second-order valence-electron chi connectivity index (χ2n) is 6.54. The lowest BCUT2D eigenvalue weighted by Gasteiger charge is -2.37. The van der Waals surface area contributed by atoms with Gasteiger partial charge in [0.1, 0.15) is 22.8 Å². The van der Waals surface area contributed by atoms with Crippen LogP contribution in [0.15, 0.2) is 22.7 Å². The van der Waals surface area contributed by atoms with E-state index < -0.39 is 5.60 Å². The Hall–Kier alpha value is -1.66. The highest BCUT2D eigenvalue weighted by molar-refractivity contribution is 5.11. The lowest BCUT2D eigenvalue weighted by Crippen LogP contribution is -2.45. The second-order valence-corrected chi connectivity index (χ2v) is 6.54. The first kappa shape index (κ1) is 15.2. The van der Waals surface area contributed by atoms with Gasteiger partial charge < -0.3 is 9.52 Å². The molecule has 0 bridgehead atoms. The van der Waals surface area contributed by atoms with Crippen LogP contribution in [0.4, 0.5) is 0 Å². The van der Waals surface area contributed by atoms with E-state index in [1.807, 2.05) is 25.3 Å². The van der Waals surface area contributed by atoms with Crippen molar-refractivity contribution in [1.29, 1.82) is 0 Å². The molecule has 3 rings (SSSR count). The predicted molar refractivity (Wildman–Crippen MR) is 82.3 cm³/mol. The van der Waals surface area contributed by atoms with Gasteiger partial charge >= 0.3 is 0 Å². The highest BCUT2D eigenvalue weighted by atomic mass is 16.3. The lowest BCUT2D eigenvalue weighted by molar-refractivity contribution is -0.0429. The number of aryl methyl sites for hydroxylation is 1. The molecule has 0 radical (unpaired) electrons. The molecule has 1 N–H and O–H groups in total. The van der Waals surface area contributed by atoms with Crippen LogP contribution in [0.1, 0.15) is 49.9 Å². The third kappa shape index (κ3) is 3.08. The normalized spacial score (nSPS) is 23.3. The molecule has 0 spiro atoms. The summed E-state index contributed by atoms with van der Waals surface area (Å²) in [5, 5.41) is 19.3.